The fourth-order valence-corrected chi connectivity index (χ4v) is 3.06. The van der Waals surface area contributed by atoms with Gasteiger partial charge in [0.05, 0.1) is 21.8 Å². The second-order valence-corrected chi connectivity index (χ2v) is 6.05. The van der Waals surface area contributed by atoms with Crippen molar-refractivity contribution >= 4 is 27.5 Å². The number of nitrogens with two attached hydrogens (primary N) is 1. The summed E-state index contributed by atoms with van der Waals surface area (Å²) in [6.45, 7) is 0. The number of fused-ring (bicyclic) bond motifs is 1. The van der Waals surface area contributed by atoms with E-state index in [1.165, 1.54) is 0 Å². The lowest BCUT2D eigenvalue weighted by Gasteiger charge is -2.00. The van der Waals surface area contributed by atoms with Gasteiger partial charge in [0.2, 0.25) is 0 Å². The molecule has 0 spiro atoms. The van der Waals surface area contributed by atoms with E-state index in [4.69, 9.17) is 5.73 Å². The van der Waals surface area contributed by atoms with Crippen LogP contribution in [0.5, 0.6) is 0 Å². The summed E-state index contributed by atoms with van der Waals surface area (Å²) in [6, 6.07) is 7.33. The molecule has 3 rings (SSSR count). The van der Waals surface area contributed by atoms with Gasteiger partial charge < -0.3 is 10.7 Å². The minimum absolute atomic E-state index is 0.493. The Labute approximate surface area is 118 Å². The van der Waals surface area contributed by atoms with Gasteiger partial charge in [-0.3, -0.25) is 8.89 Å². The minimum Gasteiger partial charge on any atom is -0.399 e. The molecule has 0 aliphatic heterocycles. The molecule has 0 saturated heterocycles. The normalized spacial score (nSPS) is 12.8. The van der Waals surface area contributed by atoms with Crippen molar-refractivity contribution in [2.75, 3.05) is 11.5 Å². The Bertz CT molecular complexity index is 776. The second kappa shape index (κ2) is 5.09. The number of hydrogen-bond donors (Lipinski definition) is 2. The van der Waals surface area contributed by atoms with Crippen LogP contribution in [0.3, 0.4) is 0 Å². The Morgan fingerprint density at radius 1 is 1.40 bits per heavy atom. The van der Waals surface area contributed by atoms with Gasteiger partial charge in [0.25, 0.3) is 0 Å². The highest BCUT2D eigenvalue weighted by Gasteiger charge is 2.11. The zero-order chi connectivity index (χ0) is 14.1. The van der Waals surface area contributed by atoms with E-state index < -0.39 is 10.8 Å². The maximum Gasteiger partial charge on any atom is 0.197 e. The second-order valence-electron chi connectivity index (χ2n) is 4.56. The monoisotopic (exact) mass is 289 g/mol. The van der Waals surface area contributed by atoms with Crippen LogP contribution in [0.2, 0.25) is 0 Å². The summed E-state index contributed by atoms with van der Waals surface area (Å²) >= 11 is 0. The highest BCUT2D eigenvalue weighted by atomic mass is 32.2. The number of nitrogens with zero attached hydrogens (tertiary/aromatic N) is 3. The summed E-state index contributed by atoms with van der Waals surface area (Å²) in [5, 5.41) is 4.59. The predicted molar refractivity (Wildman–Crippen MR) is 78.7 cm³/mol. The predicted octanol–water partition coefficient (Wildman–Crippen LogP) is 1.23. The molecule has 0 radical (unpaired) electrons. The summed E-state index contributed by atoms with van der Waals surface area (Å²) in [5.74, 6) is 0.509. The summed E-state index contributed by atoms with van der Waals surface area (Å²) in [4.78, 5) is 7.41. The van der Waals surface area contributed by atoms with E-state index in [0.29, 0.717) is 23.0 Å². The third-order valence-corrected chi connectivity index (χ3v) is 4.37. The summed E-state index contributed by atoms with van der Waals surface area (Å²) < 4.78 is 14.1. The first-order chi connectivity index (χ1) is 9.63. The van der Waals surface area contributed by atoms with Gasteiger partial charge >= 0.3 is 0 Å². The van der Waals surface area contributed by atoms with Gasteiger partial charge in [-0.05, 0) is 24.3 Å². The first kappa shape index (κ1) is 12.9. The number of imidazole rings is 1. The van der Waals surface area contributed by atoms with Gasteiger partial charge in [-0.2, -0.15) is 5.10 Å². The van der Waals surface area contributed by atoms with Crippen LogP contribution < -0.4 is 5.73 Å². The molecule has 1 aromatic carbocycles. The van der Waals surface area contributed by atoms with Gasteiger partial charge in [0, 0.05) is 36.8 Å². The molecule has 20 heavy (non-hydrogen) atoms. The molecule has 3 N–H and O–H groups in total. The molecular formula is C13H15N5OS. The van der Waals surface area contributed by atoms with Crippen LogP contribution in [-0.2, 0) is 24.3 Å². The first-order valence-electron chi connectivity index (χ1n) is 6.24. The Hall–Kier alpha value is -2.15. The average molecular weight is 289 g/mol. The van der Waals surface area contributed by atoms with Crippen molar-refractivity contribution in [2.45, 2.75) is 11.6 Å². The third kappa shape index (κ3) is 2.44. The van der Waals surface area contributed by atoms with E-state index in [0.717, 1.165) is 16.7 Å². The number of nitrogens with one attached hydrogen (secondary N) is 1. The number of aromatic amines is 1. The number of nitrogen functional groups attached to an aromatic ring is 1. The molecule has 6 nitrogen and oxygen atoms in total. The Morgan fingerprint density at radius 3 is 3.00 bits per heavy atom. The highest BCUT2D eigenvalue weighted by Crippen LogP contribution is 2.17. The summed E-state index contributed by atoms with van der Waals surface area (Å²) in [5.41, 5.74) is 9.02. The quantitative estimate of drug-likeness (QED) is 0.707. The minimum atomic E-state index is -1.16. The zero-order valence-electron chi connectivity index (χ0n) is 11.0. The Balaban J connectivity index is 1.77. The van der Waals surface area contributed by atoms with Crippen molar-refractivity contribution in [3.63, 3.8) is 0 Å². The van der Waals surface area contributed by atoms with E-state index in [1.54, 1.807) is 23.0 Å². The van der Waals surface area contributed by atoms with E-state index >= 15 is 0 Å². The molecule has 0 saturated carbocycles. The molecule has 104 valence electrons. The molecule has 0 fully saturated rings. The Kier molecular flexibility index (Phi) is 3.27. The molecule has 2 heterocycles. The van der Waals surface area contributed by atoms with Crippen LogP contribution in [0.1, 0.15) is 5.69 Å². The van der Waals surface area contributed by atoms with Crippen LogP contribution in [0.15, 0.2) is 35.6 Å². The SMILES string of the molecule is Cn1nccc1CCS(=O)c1nc2ccc(N)cc2[nH]1. The largest absolute Gasteiger partial charge is 0.399 e. The molecule has 0 aliphatic carbocycles. The number of H-pyrrole nitrogens is 1. The van der Waals surface area contributed by atoms with Crippen molar-refractivity contribution in [3.05, 3.63) is 36.2 Å². The number of rotatable bonds is 4. The molecule has 3 aromatic rings. The number of hydrogen-bond acceptors (Lipinski definition) is 4. The van der Waals surface area contributed by atoms with Crippen molar-refractivity contribution in [1.82, 2.24) is 19.7 Å². The molecule has 1 unspecified atom stereocenters. The van der Waals surface area contributed by atoms with Crippen LogP contribution in [-0.4, -0.2) is 29.7 Å². The lowest BCUT2D eigenvalue weighted by Crippen LogP contribution is -2.06. The van der Waals surface area contributed by atoms with Gasteiger partial charge in [-0.1, -0.05) is 0 Å². The molecule has 0 amide bonds. The van der Waals surface area contributed by atoms with Crippen molar-refractivity contribution < 1.29 is 4.21 Å². The van der Waals surface area contributed by atoms with E-state index in [2.05, 4.69) is 15.1 Å². The van der Waals surface area contributed by atoms with Crippen LogP contribution in [0.25, 0.3) is 11.0 Å². The molecule has 0 bridgehead atoms. The van der Waals surface area contributed by atoms with Crippen LogP contribution in [0, 0.1) is 0 Å². The number of aromatic nitrogens is 4. The zero-order valence-corrected chi connectivity index (χ0v) is 11.9. The van der Waals surface area contributed by atoms with Gasteiger partial charge in [0.1, 0.15) is 0 Å². The Morgan fingerprint density at radius 2 is 2.25 bits per heavy atom. The average Bonchev–Trinajstić information content (AvgIpc) is 3.01. The van der Waals surface area contributed by atoms with Crippen LogP contribution >= 0.6 is 0 Å². The molecule has 1 atom stereocenters. The first-order valence-corrected chi connectivity index (χ1v) is 7.56. The van der Waals surface area contributed by atoms with E-state index in [9.17, 15) is 4.21 Å². The van der Waals surface area contributed by atoms with Gasteiger partial charge in [-0.15, -0.1) is 0 Å². The lowest BCUT2D eigenvalue weighted by molar-refractivity contribution is 0.673. The summed E-state index contributed by atoms with van der Waals surface area (Å²) in [6.07, 6.45) is 2.44. The molecular weight excluding hydrogens is 274 g/mol. The van der Waals surface area contributed by atoms with Crippen molar-refractivity contribution in [2.24, 2.45) is 7.05 Å². The van der Waals surface area contributed by atoms with E-state index in [1.807, 2.05) is 19.2 Å². The van der Waals surface area contributed by atoms with Crippen molar-refractivity contribution in [1.29, 1.82) is 0 Å². The standard InChI is InChI=1S/C13H15N5OS/c1-18-10(4-6-15-18)5-7-20(19)13-16-11-3-2-9(14)8-12(11)17-13/h2-4,6,8H,5,7,14H2,1H3,(H,16,17). The van der Waals surface area contributed by atoms with Crippen LogP contribution in [0.4, 0.5) is 5.69 Å². The highest BCUT2D eigenvalue weighted by molar-refractivity contribution is 7.84. The molecule has 7 heteroatoms. The lowest BCUT2D eigenvalue weighted by atomic mass is 10.3. The smallest absolute Gasteiger partial charge is 0.197 e. The maximum absolute atomic E-state index is 12.3. The maximum atomic E-state index is 12.3. The third-order valence-electron chi connectivity index (χ3n) is 3.17. The number of anilines is 1. The topological polar surface area (TPSA) is 89.6 Å². The van der Waals surface area contributed by atoms with Gasteiger partial charge in [0.15, 0.2) is 5.16 Å². The van der Waals surface area contributed by atoms with E-state index in [-0.39, 0.29) is 0 Å². The molecule has 0 aliphatic rings. The van der Waals surface area contributed by atoms with Gasteiger partial charge in [-0.25, -0.2) is 4.98 Å². The number of benzene rings is 1. The fourth-order valence-electron chi connectivity index (χ4n) is 2.05. The van der Waals surface area contributed by atoms with Crippen molar-refractivity contribution in [3.8, 4) is 0 Å². The summed E-state index contributed by atoms with van der Waals surface area (Å²) in [7, 11) is 0.713. The molecule has 2 aromatic heterocycles. The number of aryl methyl sites for hydroxylation is 2. The fraction of sp³-hybridized carbons (Fsp3) is 0.231.